The van der Waals surface area contributed by atoms with Gasteiger partial charge in [0.25, 0.3) is 5.91 Å². The van der Waals surface area contributed by atoms with Crippen molar-refractivity contribution in [1.29, 1.82) is 0 Å². The van der Waals surface area contributed by atoms with Gasteiger partial charge in [-0.3, -0.25) is 9.59 Å². The van der Waals surface area contributed by atoms with Crippen LogP contribution in [0.4, 0.5) is 0 Å². The molecule has 3 rings (SSSR count). The number of hydrogen-bond acceptors (Lipinski definition) is 5. The summed E-state index contributed by atoms with van der Waals surface area (Å²) in [5.41, 5.74) is 1.21. The molecule has 0 atom stereocenters. The summed E-state index contributed by atoms with van der Waals surface area (Å²) < 4.78 is 0. The van der Waals surface area contributed by atoms with Gasteiger partial charge in [0.2, 0.25) is 5.91 Å². The first-order valence-electron chi connectivity index (χ1n) is 9.31. The summed E-state index contributed by atoms with van der Waals surface area (Å²) in [7, 11) is 0. The summed E-state index contributed by atoms with van der Waals surface area (Å²) in [6.45, 7) is 1.88. The van der Waals surface area contributed by atoms with E-state index in [1.165, 1.54) is 0 Å². The number of hydrogen-bond donors (Lipinski definition) is 3. The van der Waals surface area contributed by atoms with Gasteiger partial charge in [0.05, 0.1) is 0 Å². The van der Waals surface area contributed by atoms with Gasteiger partial charge in [0.15, 0.2) is 17.2 Å². The third kappa shape index (κ3) is 4.54. The smallest absolute Gasteiger partial charge is 0.254 e. The third-order valence-corrected chi connectivity index (χ3v) is 4.92. The predicted molar refractivity (Wildman–Crippen MR) is 103 cm³/mol. The van der Waals surface area contributed by atoms with Crippen molar-refractivity contribution in [1.82, 2.24) is 9.80 Å². The van der Waals surface area contributed by atoms with Crippen molar-refractivity contribution in [2.45, 2.75) is 19.3 Å². The Morgan fingerprint density at radius 3 is 2.14 bits per heavy atom. The molecule has 0 aromatic heterocycles. The monoisotopic (exact) mass is 384 g/mol. The van der Waals surface area contributed by atoms with E-state index >= 15 is 0 Å². The van der Waals surface area contributed by atoms with Gasteiger partial charge >= 0.3 is 0 Å². The molecular weight excluding hydrogens is 360 g/mol. The lowest BCUT2D eigenvalue weighted by Crippen LogP contribution is -2.37. The molecule has 1 heterocycles. The number of benzene rings is 2. The standard InChI is InChI=1S/C21H24N2O5/c24-17-13-16(14-18(25)20(17)27)21(28)23-10-4-9-22(11-12-23)19(26)8-7-15-5-2-1-3-6-15/h1-3,5-6,13-14,24-25,27H,4,7-12H2. The van der Waals surface area contributed by atoms with E-state index in [9.17, 15) is 24.9 Å². The fraction of sp³-hybridized carbons (Fsp3) is 0.333. The van der Waals surface area contributed by atoms with Crippen LogP contribution in [-0.2, 0) is 11.2 Å². The summed E-state index contributed by atoms with van der Waals surface area (Å²) in [4.78, 5) is 28.6. The summed E-state index contributed by atoms with van der Waals surface area (Å²) >= 11 is 0. The molecule has 2 amide bonds. The van der Waals surface area contributed by atoms with Crippen molar-refractivity contribution >= 4 is 11.8 Å². The highest BCUT2D eigenvalue weighted by molar-refractivity contribution is 5.95. The lowest BCUT2D eigenvalue weighted by molar-refractivity contribution is -0.131. The maximum atomic E-state index is 12.7. The molecule has 0 unspecified atom stereocenters. The van der Waals surface area contributed by atoms with Gasteiger partial charge < -0.3 is 25.1 Å². The molecule has 1 aliphatic heterocycles. The highest BCUT2D eigenvalue weighted by Crippen LogP contribution is 2.35. The van der Waals surface area contributed by atoms with Crippen molar-refractivity contribution in [2.75, 3.05) is 26.2 Å². The van der Waals surface area contributed by atoms with Crippen LogP contribution in [0.2, 0.25) is 0 Å². The Bertz CT molecular complexity index is 830. The van der Waals surface area contributed by atoms with Gasteiger partial charge in [-0.2, -0.15) is 0 Å². The maximum absolute atomic E-state index is 12.7. The number of nitrogens with zero attached hydrogens (tertiary/aromatic N) is 2. The molecule has 28 heavy (non-hydrogen) atoms. The Kier molecular flexibility index (Phi) is 6.03. The van der Waals surface area contributed by atoms with Gasteiger partial charge in [-0.05, 0) is 30.5 Å². The highest BCUT2D eigenvalue weighted by atomic mass is 16.3. The zero-order valence-corrected chi connectivity index (χ0v) is 15.5. The second-order valence-electron chi connectivity index (χ2n) is 6.88. The lowest BCUT2D eigenvalue weighted by atomic mass is 10.1. The van der Waals surface area contributed by atoms with Crippen LogP contribution < -0.4 is 0 Å². The van der Waals surface area contributed by atoms with Crippen LogP contribution >= 0.6 is 0 Å². The molecule has 3 N–H and O–H groups in total. The lowest BCUT2D eigenvalue weighted by Gasteiger charge is -2.22. The Hall–Kier alpha value is -3.22. The Balaban J connectivity index is 1.58. The van der Waals surface area contributed by atoms with Crippen molar-refractivity contribution in [3.8, 4) is 17.2 Å². The summed E-state index contributed by atoms with van der Waals surface area (Å²) in [6, 6.07) is 12.1. The Morgan fingerprint density at radius 1 is 0.857 bits per heavy atom. The SMILES string of the molecule is O=C(CCc1ccccc1)N1CCCN(C(=O)c2cc(O)c(O)c(O)c2)CC1. The molecule has 1 fully saturated rings. The molecule has 2 aromatic rings. The largest absolute Gasteiger partial charge is 0.504 e. The molecule has 0 bridgehead atoms. The van der Waals surface area contributed by atoms with E-state index in [0.717, 1.165) is 17.7 Å². The van der Waals surface area contributed by atoms with Gasteiger partial charge in [-0.25, -0.2) is 0 Å². The van der Waals surface area contributed by atoms with Gasteiger partial charge in [0, 0.05) is 38.2 Å². The summed E-state index contributed by atoms with van der Waals surface area (Å²) in [6.07, 6.45) is 1.77. The van der Waals surface area contributed by atoms with Crippen LogP contribution in [0.3, 0.4) is 0 Å². The van der Waals surface area contributed by atoms with Crippen LogP contribution in [-0.4, -0.2) is 63.1 Å². The zero-order valence-electron chi connectivity index (χ0n) is 15.5. The van der Waals surface area contributed by atoms with E-state index in [4.69, 9.17) is 0 Å². The highest BCUT2D eigenvalue weighted by Gasteiger charge is 2.24. The van der Waals surface area contributed by atoms with E-state index < -0.39 is 17.2 Å². The van der Waals surface area contributed by atoms with Crippen LogP contribution in [0.25, 0.3) is 0 Å². The Labute approximate surface area is 163 Å². The maximum Gasteiger partial charge on any atom is 0.254 e. The number of phenols is 3. The molecule has 1 aliphatic rings. The molecule has 148 valence electrons. The quantitative estimate of drug-likeness (QED) is 0.701. The molecule has 1 saturated heterocycles. The van der Waals surface area contributed by atoms with E-state index in [1.54, 1.807) is 9.80 Å². The first-order chi connectivity index (χ1) is 13.5. The summed E-state index contributed by atoms with van der Waals surface area (Å²) in [5.74, 6) is -2.03. The van der Waals surface area contributed by atoms with Gasteiger partial charge in [0.1, 0.15) is 0 Å². The second kappa shape index (κ2) is 8.65. The molecule has 2 aromatic carbocycles. The van der Waals surface area contributed by atoms with Crippen molar-refractivity contribution < 1.29 is 24.9 Å². The van der Waals surface area contributed by atoms with Crippen LogP contribution in [0.5, 0.6) is 17.2 Å². The molecule has 0 spiro atoms. The molecule has 0 saturated carbocycles. The third-order valence-electron chi connectivity index (χ3n) is 4.92. The van der Waals surface area contributed by atoms with Gasteiger partial charge in [-0.1, -0.05) is 30.3 Å². The van der Waals surface area contributed by atoms with E-state index in [1.807, 2.05) is 30.3 Å². The van der Waals surface area contributed by atoms with Crippen molar-refractivity contribution in [3.63, 3.8) is 0 Å². The topological polar surface area (TPSA) is 101 Å². The molecular formula is C21H24N2O5. The molecule has 0 radical (unpaired) electrons. The Morgan fingerprint density at radius 2 is 1.46 bits per heavy atom. The number of amides is 2. The molecule has 7 nitrogen and oxygen atoms in total. The predicted octanol–water partition coefficient (Wildman–Crippen LogP) is 2.11. The first kappa shape index (κ1) is 19.5. The fourth-order valence-electron chi connectivity index (χ4n) is 3.33. The second-order valence-corrected chi connectivity index (χ2v) is 6.88. The number of aromatic hydroxyl groups is 3. The van der Waals surface area contributed by atoms with Crippen LogP contribution in [0.1, 0.15) is 28.8 Å². The molecule has 0 aliphatic carbocycles. The van der Waals surface area contributed by atoms with Crippen molar-refractivity contribution in [2.24, 2.45) is 0 Å². The van der Waals surface area contributed by atoms with E-state index in [2.05, 4.69) is 0 Å². The zero-order chi connectivity index (χ0) is 20.1. The minimum atomic E-state index is -0.650. The van der Waals surface area contributed by atoms with E-state index in [0.29, 0.717) is 45.4 Å². The minimum Gasteiger partial charge on any atom is -0.504 e. The van der Waals surface area contributed by atoms with Crippen LogP contribution in [0, 0.1) is 0 Å². The minimum absolute atomic E-state index is 0.0677. The fourth-order valence-corrected chi connectivity index (χ4v) is 3.33. The normalized spacial score (nSPS) is 14.6. The number of rotatable bonds is 4. The first-order valence-corrected chi connectivity index (χ1v) is 9.31. The van der Waals surface area contributed by atoms with Gasteiger partial charge in [-0.15, -0.1) is 0 Å². The summed E-state index contributed by atoms with van der Waals surface area (Å²) in [5, 5.41) is 28.7. The van der Waals surface area contributed by atoms with E-state index in [-0.39, 0.29) is 17.4 Å². The number of carbonyl (C=O) groups excluding carboxylic acids is 2. The number of aryl methyl sites for hydroxylation is 1. The average Bonchev–Trinajstić information content (AvgIpc) is 2.96. The molecule has 7 heteroatoms. The average molecular weight is 384 g/mol. The van der Waals surface area contributed by atoms with Crippen molar-refractivity contribution in [3.05, 3.63) is 53.6 Å². The number of phenolic OH excluding ortho intramolecular Hbond substituents is 3. The number of carbonyl (C=O) groups is 2. The van der Waals surface area contributed by atoms with Crippen LogP contribution in [0.15, 0.2) is 42.5 Å².